The minimum atomic E-state index is -3.40. The van der Waals surface area contributed by atoms with Crippen LogP contribution in [-0.4, -0.2) is 37.9 Å². The Hall–Kier alpha value is -0.140. The molecule has 2 unspecified atom stereocenters. The van der Waals surface area contributed by atoms with Crippen molar-refractivity contribution < 1.29 is 8.42 Å². The lowest BCUT2D eigenvalue weighted by atomic mass is 10.2. The number of piperazine rings is 1. The molecule has 1 aliphatic rings. The molecule has 1 N–H and O–H groups in total. The van der Waals surface area contributed by atoms with E-state index in [4.69, 9.17) is 11.6 Å². The maximum atomic E-state index is 12.5. The van der Waals surface area contributed by atoms with Gasteiger partial charge in [0.25, 0.3) is 10.0 Å². The van der Waals surface area contributed by atoms with Crippen molar-refractivity contribution in [1.29, 1.82) is 0 Å². The molecule has 0 aliphatic carbocycles. The van der Waals surface area contributed by atoms with Gasteiger partial charge in [-0.15, -0.1) is 11.3 Å². The molecule has 2 rings (SSSR count). The average Bonchev–Trinajstić information content (AvgIpc) is 2.58. The third kappa shape index (κ3) is 2.72. The van der Waals surface area contributed by atoms with Crippen LogP contribution in [0.1, 0.15) is 19.4 Å². The highest BCUT2D eigenvalue weighted by molar-refractivity contribution is 7.91. The lowest BCUT2D eigenvalue weighted by Crippen LogP contribution is -2.55. The SMILES string of the molecule is Cc1cc(S(=O)(=O)N2CC(C)NC(C)C2)sc1Cl. The van der Waals surface area contributed by atoms with E-state index in [1.165, 1.54) is 0 Å². The number of hydrogen-bond donors (Lipinski definition) is 1. The summed E-state index contributed by atoms with van der Waals surface area (Å²) in [6.07, 6.45) is 0. The third-order valence-electron chi connectivity index (χ3n) is 2.95. The number of sulfonamides is 1. The first-order chi connectivity index (χ1) is 8.30. The van der Waals surface area contributed by atoms with E-state index in [0.29, 0.717) is 21.6 Å². The molecule has 18 heavy (non-hydrogen) atoms. The zero-order chi connectivity index (χ0) is 13.5. The second-order valence-corrected chi connectivity index (χ2v) is 8.63. The van der Waals surface area contributed by atoms with E-state index < -0.39 is 10.0 Å². The minimum absolute atomic E-state index is 0.167. The predicted molar refractivity (Wildman–Crippen MR) is 74.9 cm³/mol. The van der Waals surface area contributed by atoms with Crippen LogP contribution in [-0.2, 0) is 10.0 Å². The Bertz CT molecular complexity index is 512. The molecule has 1 aromatic rings. The fourth-order valence-corrected chi connectivity index (χ4v) is 5.64. The summed E-state index contributed by atoms with van der Waals surface area (Å²) in [6.45, 7) is 6.80. The highest BCUT2D eigenvalue weighted by Crippen LogP contribution is 2.32. The molecule has 0 aromatic carbocycles. The number of thiophene rings is 1. The van der Waals surface area contributed by atoms with Crippen molar-refractivity contribution in [3.63, 3.8) is 0 Å². The molecule has 7 heteroatoms. The molecule has 0 saturated carbocycles. The zero-order valence-electron chi connectivity index (χ0n) is 10.6. The summed E-state index contributed by atoms with van der Waals surface area (Å²) in [5, 5.41) is 3.32. The van der Waals surface area contributed by atoms with Crippen molar-refractivity contribution in [2.24, 2.45) is 0 Å². The first kappa shape index (κ1) is 14.3. The van der Waals surface area contributed by atoms with Gasteiger partial charge in [-0.2, -0.15) is 4.31 Å². The van der Waals surface area contributed by atoms with Gasteiger partial charge in [0, 0.05) is 25.2 Å². The monoisotopic (exact) mass is 308 g/mol. The summed E-state index contributed by atoms with van der Waals surface area (Å²) in [5.74, 6) is 0. The van der Waals surface area contributed by atoms with Gasteiger partial charge in [-0.25, -0.2) is 8.42 Å². The fraction of sp³-hybridized carbons (Fsp3) is 0.636. The molecule has 1 saturated heterocycles. The Balaban J connectivity index is 2.30. The van der Waals surface area contributed by atoms with Crippen molar-refractivity contribution >= 4 is 33.0 Å². The number of hydrogen-bond acceptors (Lipinski definition) is 4. The van der Waals surface area contributed by atoms with Gasteiger partial charge in [-0.3, -0.25) is 0 Å². The summed E-state index contributed by atoms with van der Waals surface area (Å²) < 4.78 is 27.4. The normalized spacial score (nSPS) is 26.4. The van der Waals surface area contributed by atoms with Gasteiger partial charge in [0.1, 0.15) is 4.21 Å². The molecule has 0 amide bonds. The molecule has 2 atom stereocenters. The molecule has 0 bridgehead atoms. The predicted octanol–water partition coefficient (Wildman–Crippen LogP) is 2.08. The molecular formula is C11H17ClN2O2S2. The number of rotatable bonds is 2. The van der Waals surface area contributed by atoms with Crippen molar-refractivity contribution in [2.45, 2.75) is 37.1 Å². The Kier molecular flexibility index (Phi) is 4.04. The summed E-state index contributed by atoms with van der Waals surface area (Å²) in [5.41, 5.74) is 0.816. The van der Waals surface area contributed by atoms with Crippen LogP contribution in [0.4, 0.5) is 0 Å². The van der Waals surface area contributed by atoms with E-state index in [2.05, 4.69) is 5.32 Å². The first-order valence-electron chi connectivity index (χ1n) is 5.83. The highest BCUT2D eigenvalue weighted by atomic mass is 35.5. The van der Waals surface area contributed by atoms with Crippen LogP contribution in [0, 0.1) is 6.92 Å². The number of halogens is 1. The van der Waals surface area contributed by atoms with Gasteiger partial charge >= 0.3 is 0 Å². The van der Waals surface area contributed by atoms with Crippen LogP contribution >= 0.6 is 22.9 Å². The highest BCUT2D eigenvalue weighted by Gasteiger charge is 2.32. The van der Waals surface area contributed by atoms with Gasteiger partial charge in [0.05, 0.1) is 4.34 Å². The molecule has 2 heterocycles. The fourth-order valence-electron chi connectivity index (χ4n) is 2.16. The Morgan fingerprint density at radius 3 is 2.39 bits per heavy atom. The van der Waals surface area contributed by atoms with Crippen molar-refractivity contribution in [1.82, 2.24) is 9.62 Å². The molecule has 1 fully saturated rings. The van der Waals surface area contributed by atoms with Gasteiger partial charge in [0.2, 0.25) is 0 Å². The summed E-state index contributed by atoms with van der Waals surface area (Å²) in [7, 11) is -3.40. The number of aryl methyl sites for hydroxylation is 1. The molecule has 102 valence electrons. The molecule has 1 aliphatic heterocycles. The van der Waals surface area contributed by atoms with Crippen LogP contribution in [0.3, 0.4) is 0 Å². The molecular weight excluding hydrogens is 292 g/mol. The van der Waals surface area contributed by atoms with Crippen LogP contribution in [0.5, 0.6) is 0 Å². The van der Waals surface area contributed by atoms with Crippen LogP contribution in [0.2, 0.25) is 4.34 Å². The summed E-state index contributed by atoms with van der Waals surface area (Å²) >= 11 is 7.09. The minimum Gasteiger partial charge on any atom is -0.309 e. The lowest BCUT2D eigenvalue weighted by Gasteiger charge is -2.34. The lowest BCUT2D eigenvalue weighted by molar-refractivity contribution is 0.263. The number of nitrogens with zero attached hydrogens (tertiary/aromatic N) is 1. The van der Waals surface area contributed by atoms with Crippen molar-refractivity contribution in [3.8, 4) is 0 Å². The molecule has 4 nitrogen and oxygen atoms in total. The van der Waals surface area contributed by atoms with Crippen molar-refractivity contribution in [2.75, 3.05) is 13.1 Å². The van der Waals surface area contributed by atoms with Gasteiger partial charge in [0.15, 0.2) is 0 Å². The van der Waals surface area contributed by atoms with Crippen LogP contribution in [0.15, 0.2) is 10.3 Å². The second kappa shape index (κ2) is 5.09. The molecule has 1 aromatic heterocycles. The third-order valence-corrected chi connectivity index (χ3v) is 6.79. The summed E-state index contributed by atoms with van der Waals surface area (Å²) in [4.78, 5) is 0. The van der Waals surface area contributed by atoms with Gasteiger partial charge in [-0.1, -0.05) is 11.6 Å². The van der Waals surface area contributed by atoms with E-state index in [1.54, 1.807) is 10.4 Å². The van der Waals surface area contributed by atoms with E-state index in [-0.39, 0.29) is 12.1 Å². The van der Waals surface area contributed by atoms with Crippen LogP contribution < -0.4 is 5.32 Å². The van der Waals surface area contributed by atoms with E-state index in [9.17, 15) is 8.42 Å². The van der Waals surface area contributed by atoms with E-state index in [1.807, 2.05) is 20.8 Å². The van der Waals surface area contributed by atoms with E-state index in [0.717, 1.165) is 16.9 Å². The quantitative estimate of drug-likeness (QED) is 0.910. The maximum Gasteiger partial charge on any atom is 0.252 e. The van der Waals surface area contributed by atoms with Gasteiger partial charge < -0.3 is 5.32 Å². The smallest absolute Gasteiger partial charge is 0.252 e. The second-order valence-electron chi connectivity index (χ2n) is 4.81. The van der Waals surface area contributed by atoms with E-state index >= 15 is 0 Å². The Morgan fingerprint density at radius 1 is 1.39 bits per heavy atom. The Labute approximate surface area is 117 Å². The standard InChI is InChI=1S/C11H17ClN2O2S2/c1-7-4-10(17-11(7)12)18(15,16)14-5-8(2)13-9(3)6-14/h4,8-9,13H,5-6H2,1-3H3. The maximum absolute atomic E-state index is 12.5. The Morgan fingerprint density at radius 2 is 1.94 bits per heavy atom. The number of nitrogens with one attached hydrogen (secondary N) is 1. The van der Waals surface area contributed by atoms with Gasteiger partial charge in [-0.05, 0) is 32.4 Å². The first-order valence-corrected chi connectivity index (χ1v) is 8.46. The summed E-state index contributed by atoms with van der Waals surface area (Å²) in [6, 6.07) is 1.99. The topological polar surface area (TPSA) is 49.4 Å². The zero-order valence-corrected chi connectivity index (χ0v) is 13.0. The largest absolute Gasteiger partial charge is 0.309 e. The molecule has 0 radical (unpaired) electrons. The van der Waals surface area contributed by atoms with Crippen LogP contribution in [0.25, 0.3) is 0 Å². The molecule has 0 spiro atoms. The van der Waals surface area contributed by atoms with Crippen molar-refractivity contribution in [3.05, 3.63) is 16.0 Å². The average molecular weight is 309 g/mol.